The second-order valence-electron chi connectivity index (χ2n) is 5.62. The van der Waals surface area contributed by atoms with Gasteiger partial charge >= 0.3 is 5.97 Å². The monoisotopic (exact) mass is 275 g/mol. The summed E-state index contributed by atoms with van der Waals surface area (Å²) in [6.07, 6.45) is 2.09. The molecule has 1 amide bonds. The highest BCUT2D eigenvalue weighted by atomic mass is 16.4. The minimum Gasteiger partial charge on any atom is -0.481 e. The van der Waals surface area contributed by atoms with Gasteiger partial charge in [0.1, 0.15) is 0 Å². The summed E-state index contributed by atoms with van der Waals surface area (Å²) < 4.78 is 0. The van der Waals surface area contributed by atoms with Gasteiger partial charge in [0.25, 0.3) is 0 Å². The normalized spacial score (nSPS) is 23.3. The van der Waals surface area contributed by atoms with Gasteiger partial charge in [-0.3, -0.25) is 9.59 Å². The molecule has 2 rings (SSSR count). The molecule has 0 bridgehead atoms. The molecule has 0 saturated heterocycles. The van der Waals surface area contributed by atoms with Crippen LogP contribution in [0.25, 0.3) is 0 Å². The van der Waals surface area contributed by atoms with Gasteiger partial charge in [-0.2, -0.15) is 0 Å². The van der Waals surface area contributed by atoms with E-state index >= 15 is 0 Å². The molecular formula is C16H21NO3. The third-order valence-corrected chi connectivity index (χ3v) is 4.11. The molecule has 1 aliphatic carbocycles. The summed E-state index contributed by atoms with van der Waals surface area (Å²) in [5, 5.41) is 12.1. The molecule has 2 unspecified atom stereocenters. The Morgan fingerprint density at radius 1 is 1.20 bits per heavy atom. The molecule has 1 aromatic carbocycles. The topological polar surface area (TPSA) is 66.4 Å². The Balaban J connectivity index is 2.00. The summed E-state index contributed by atoms with van der Waals surface area (Å²) >= 11 is 0. The predicted molar refractivity (Wildman–Crippen MR) is 76.2 cm³/mol. The molecule has 0 heterocycles. The van der Waals surface area contributed by atoms with E-state index in [1.165, 1.54) is 5.56 Å². The van der Waals surface area contributed by atoms with Crippen LogP contribution in [-0.4, -0.2) is 17.0 Å². The summed E-state index contributed by atoms with van der Waals surface area (Å²) in [4.78, 5) is 23.4. The predicted octanol–water partition coefficient (Wildman–Crippen LogP) is 2.67. The van der Waals surface area contributed by atoms with Gasteiger partial charge in [-0.25, -0.2) is 0 Å². The largest absolute Gasteiger partial charge is 0.481 e. The second-order valence-corrected chi connectivity index (χ2v) is 5.62. The maximum absolute atomic E-state index is 12.2. The van der Waals surface area contributed by atoms with Crippen LogP contribution in [-0.2, 0) is 9.59 Å². The fourth-order valence-corrected chi connectivity index (χ4v) is 2.83. The van der Waals surface area contributed by atoms with Crippen LogP contribution in [0.15, 0.2) is 24.3 Å². The number of carboxylic acids is 1. The number of aryl methyl sites for hydroxylation is 1. The molecule has 0 aromatic heterocycles. The summed E-state index contributed by atoms with van der Waals surface area (Å²) in [6.45, 7) is 3.94. The van der Waals surface area contributed by atoms with Crippen LogP contribution in [0.4, 0.5) is 0 Å². The summed E-state index contributed by atoms with van der Waals surface area (Å²) in [5.41, 5.74) is 2.21. The quantitative estimate of drug-likeness (QED) is 0.887. The highest BCUT2D eigenvalue weighted by Crippen LogP contribution is 2.32. The van der Waals surface area contributed by atoms with Gasteiger partial charge in [-0.1, -0.05) is 36.2 Å². The van der Waals surface area contributed by atoms with Crippen molar-refractivity contribution in [3.8, 4) is 0 Å². The number of carboxylic acid groups (broad SMARTS) is 1. The lowest BCUT2D eigenvalue weighted by Gasteiger charge is -2.20. The smallest absolute Gasteiger partial charge is 0.307 e. The Morgan fingerprint density at radius 3 is 2.40 bits per heavy atom. The highest BCUT2D eigenvalue weighted by Gasteiger charge is 2.38. The lowest BCUT2D eigenvalue weighted by Crippen LogP contribution is -2.36. The maximum Gasteiger partial charge on any atom is 0.307 e. The zero-order valence-electron chi connectivity index (χ0n) is 11.9. The molecule has 1 aromatic rings. The zero-order valence-corrected chi connectivity index (χ0v) is 11.9. The van der Waals surface area contributed by atoms with E-state index in [1.807, 2.05) is 38.1 Å². The number of benzene rings is 1. The van der Waals surface area contributed by atoms with Crippen LogP contribution in [0.3, 0.4) is 0 Å². The van der Waals surface area contributed by atoms with Gasteiger partial charge in [0.15, 0.2) is 0 Å². The van der Waals surface area contributed by atoms with Crippen molar-refractivity contribution in [3.05, 3.63) is 35.4 Å². The Kier molecular flexibility index (Phi) is 4.42. The van der Waals surface area contributed by atoms with Crippen molar-refractivity contribution < 1.29 is 14.7 Å². The van der Waals surface area contributed by atoms with E-state index in [-0.39, 0.29) is 17.9 Å². The standard InChI is InChI=1S/C16H21NO3/c1-10-6-8-12(9-7-10)11(2)17-15(18)13-4-3-5-14(13)16(19)20/h6-9,11,13-14H,3-5H2,1-2H3,(H,17,18)(H,19,20)/t11-,13?,14?/m0/s1. The molecular weight excluding hydrogens is 254 g/mol. The van der Waals surface area contributed by atoms with E-state index in [1.54, 1.807) is 0 Å². The Labute approximate surface area is 119 Å². The van der Waals surface area contributed by atoms with Crippen molar-refractivity contribution in [2.45, 2.75) is 39.2 Å². The van der Waals surface area contributed by atoms with E-state index < -0.39 is 11.9 Å². The van der Waals surface area contributed by atoms with Crippen LogP contribution in [0.2, 0.25) is 0 Å². The molecule has 0 spiro atoms. The highest BCUT2D eigenvalue weighted by molar-refractivity contribution is 5.85. The number of amides is 1. The van der Waals surface area contributed by atoms with Crippen LogP contribution < -0.4 is 5.32 Å². The summed E-state index contributed by atoms with van der Waals surface area (Å²) in [7, 11) is 0. The number of rotatable bonds is 4. The maximum atomic E-state index is 12.2. The molecule has 0 aliphatic heterocycles. The minimum absolute atomic E-state index is 0.0989. The third kappa shape index (κ3) is 3.18. The fraction of sp³-hybridized carbons (Fsp3) is 0.500. The molecule has 4 nitrogen and oxygen atoms in total. The Bertz CT molecular complexity index is 495. The molecule has 3 atom stereocenters. The van der Waals surface area contributed by atoms with Crippen molar-refractivity contribution in [1.29, 1.82) is 0 Å². The van der Waals surface area contributed by atoms with Crippen LogP contribution in [0.5, 0.6) is 0 Å². The fourth-order valence-electron chi connectivity index (χ4n) is 2.83. The van der Waals surface area contributed by atoms with Crippen molar-refractivity contribution in [1.82, 2.24) is 5.32 Å². The van der Waals surface area contributed by atoms with Gasteiger partial charge in [0.2, 0.25) is 5.91 Å². The molecule has 20 heavy (non-hydrogen) atoms. The molecule has 1 saturated carbocycles. The van der Waals surface area contributed by atoms with Gasteiger partial charge in [-0.05, 0) is 32.3 Å². The van der Waals surface area contributed by atoms with E-state index in [9.17, 15) is 9.59 Å². The van der Waals surface area contributed by atoms with E-state index in [0.29, 0.717) is 12.8 Å². The molecule has 0 radical (unpaired) electrons. The number of aliphatic carboxylic acids is 1. The van der Waals surface area contributed by atoms with Gasteiger partial charge in [0.05, 0.1) is 17.9 Å². The zero-order chi connectivity index (χ0) is 14.7. The summed E-state index contributed by atoms with van der Waals surface area (Å²) in [5.74, 6) is -1.91. The van der Waals surface area contributed by atoms with Crippen molar-refractivity contribution in [2.24, 2.45) is 11.8 Å². The SMILES string of the molecule is Cc1ccc([C@H](C)NC(=O)C2CCCC2C(=O)O)cc1. The van der Waals surface area contributed by atoms with E-state index in [0.717, 1.165) is 12.0 Å². The van der Waals surface area contributed by atoms with Gasteiger partial charge < -0.3 is 10.4 Å². The van der Waals surface area contributed by atoms with E-state index in [2.05, 4.69) is 5.32 Å². The second kappa shape index (κ2) is 6.07. The van der Waals surface area contributed by atoms with Gasteiger partial charge in [-0.15, -0.1) is 0 Å². The first-order valence-corrected chi connectivity index (χ1v) is 7.09. The molecule has 2 N–H and O–H groups in total. The number of nitrogens with one attached hydrogen (secondary N) is 1. The molecule has 108 valence electrons. The van der Waals surface area contributed by atoms with Crippen LogP contribution in [0.1, 0.15) is 43.4 Å². The first kappa shape index (κ1) is 14.6. The third-order valence-electron chi connectivity index (χ3n) is 4.11. The lowest BCUT2D eigenvalue weighted by molar-refractivity contribution is -0.146. The average molecular weight is 275 g/mol. The summed E-state index contributed by atoms with van der Waals surface area (Å²) in [6, 6.07) is 7.90. The van der Waals surface area contributed by atoms with E-state index in [4.69, 9.17) is 5.11 Å². The first-order valence-electron chi connectivity index (χ1n) is 7.09. The minimum atomic E-state index is -0.856. The van der Waals surface area contributed by atoms with Crippen molar-refractivity contribution in [3.63, 3.8) is 0 Å². The molecule has 1 aliphatic rings. The van der Waals surface area contributed by atoms with Gasteiger partial charge in [0, 0.05) is 0 Å². The van der Waals surface area contributed by atoms with Crippen molar-refractivity contribution >= 4 is 11.9 Å². The Hall–Kier alpha value is -1.84. The number of carbonyl (C=O) groups excluding carboxylic acids is 1. The van der Waals surface area contributed by atoms with Crippen LogP contribution in [0, 0.1) is 18.8 Å². The average Bonchev–Trinajstić information content (AvgIpc) is 2.88. The number of hydrogen-bond acceptors (Lipinski definition) is 2. The number of hydrogen-bond donors (Lipinski definition) is 2. The molecule has 1 fully saturated rings. The van der Waals surface area contributed by atoms with Crippen LogP contribution >= 0.6 is 0 Å². The number of carbonyl (C=O) groups is 2. The van der Waals surface area contributed by atoms with Crippen molar-refractivity contribution in [2.75, 3.05) is 0 Å². The molecule has 4 heteroatoms. The first-order chi connectivity index (χ1) is 9.49. The lowest BCUT2D eigenvalue weighted by atomic mass is 9.94. The Morgan fingerprint density at radius 2 is 1.80 bits per heavy atom.